The summed E-state index contributed by atoms with van der Waals surface area (Å²) in [5.74, 6) is 1.08. The van der Waals surface area contributed by atoms with Gasteiger partial charge in [-0.2, -0.15) is 0 Å². The third kappa shape index (κ3) is 2.85. The Balaban J connectivity index is 1.36. The van der Waals surface area contributed by atoms with E-state index in [-0.39, 0.29) is 23.7 Å². The van der Waals surface area contributed by atoms with Gasteiger partial charge >= 0.3 is 0 Å². The van der Waals surface area contributed by atoms with Crippen LogP contribution in [-0.4, -0.2) is 11.8 Å². The fourth-order valence-electron chi connectivity index (χ4n) is 4.45. The van der Waals surface area contributed by atoms with E-state index in [1.807, 2.05) is 42.5 Å². The van der Waals surface area contributed by atoms with Gasteiger partial charge in [0.1, 0.15) is 11.5 Å². The molecule has 0 unspecified atom stereocenters. The van der Waals surface area contributed by atoms with Gasteiger partial charge in [0.15, 0.2) is 0 Å². The van der Waals surface area contributed by atoms with Crippen LogP contribution in [0.25, 0.3) is 10.8 Å². The van der Waals surface area contributed by atoms with Crippen molar-refractivity contribution in [3.05, 3.63) is 66.7 Å². The molecule has 1 aliphatic carbocycles. The zero-order valence-corrected chi connectivity index (χ0v) is 15.5. The van der Waals surface area contributed by atoms with Crippen molar-refractivity contribution in [3.63, 3.8) is 0 Å². The van der Waals surface area contributed by atoms with Crippen LogP contribution in [0, 0.1) is 11.8 Å². The molecule has 1 saturated heterocycles. The van der Waals surface area contributed by atoms with Gasteiger partial charge in [-0.05, 0) is 60.0 Å². The number of hydrogen-bond donors (Lipinski definition) is 0. The van der Waals surface area contributed by atoms with E-state index in [0.717, 1.165) is 42.2 Å². The molecular weight excluding hydrogens is 350 g/mol. The van der Waals surface area contributed by atoms with Crippen molar-refractivity contribution in [2.75, 3.05) is 4.90 Å². The molecule has 1 saturated carbocycles. The average molecular weight is 371 g/mol. The van der Waals surface area contributed by atoms with Gasteiger partial charge < -0.3 is 4.74 Å². The summed E-state index contributed by atoms with van der Waals surface area (Å²) < 4.78 is 5.96. The zero-order valence-electron chi connectivity index (χ0n) is 15.5. The molecular formula is C24H21NO3. The number of benzene rings is 3. The summed E-state index contributed by atoms with van der Waals surface area (Å²) in [5, 5.41) is 2.28. The van der Waals surface area contributed by atoms with Gasteiger partial charge in [-0.15, -0.1) is 0 Å². The molecule has 0 spiro atoms. The molecule has 28 heavy (non-hydrogen) atoms. The number of nitrogens with zero attached hydrogens (tertiary/aromatic N) is 1. The van der Waals surface area contributed by atoms with Crippen LogP contribution in [0.4, 0.5) is 5.69 Å². The van der Waals surface area contributed by atoms with Crippen LogP contribution in [0.1, 0.15) is 25.7 Å². The van der Waals surface area contributed by atoms with E-state index < -0.39 is 0 Å². The average Bonchev–Trinajstić information content (AvgIpc) is 2.99. The second kappa shape index (κ2) is 6.79. The Morgan fingerprint density at radius 1 is 0.714 bits per heavy atom. The molecule has 4 nitrogen and oxygen atoms in total. The van der Waals surface area contributed by atoms with Gasteiger partial charge in [0.05, 0.1) is 17.5 Å². The Labute approximate surface area is 163 Å². The van der Waals surface area contributed by atoms with Gasteiger partial charge in [0.2, 0.25) is 11.8 Å². The molecule has 5 rings (SSSR count). The molecule has 1 aliphatic heterocycles. The Morgan fingerprint density at radius 2 is 1.32 bits per heavy atom. The topological polar surface area (TPSA) is 46.6 Å². The number of anilines is 1. The Bertz CT molecular complexity index is 1030. The first-order valence-corrected chi connectivity index (χ1v) is 9.85. The molecule has 3 aromatic carbocycles. The van der Waals surface area contributed by atoms with Gasteiger partial charge in [-0.1, -0.05) is 43.2 Å². The quantitative estimate of drug-likeness (QED) is 0.586. The summed E-state index contributed by atoms with van der Waals surface area (Å²) in [4.78, 5) is 26.8. The van der Waals surface area contributed by atoms with Crippen molar-refractivity contribution in [2.24, 2.45) is 11.8 Å². The second-order valence-corrected chi connectivity index (χ2v) is 7.61. The Kier molecular flexibility index (Phi) is 4.12. The molecule has 3 aromatic rings. The minimum atomic E-state index is -0.130. The van der Waals surface area contributed by atoms with Crippen molar-refractivity contribution in [1.29, 1.82) is 0 Å². The molecule has 0 radical (unpaired) electrons. The molecule has 4 heteroatoms. The van der Waals surface area contributed by atoms with E-state index in [1.165, 1.54) is 4.90 Å². The van der Waals surface area contributed by atoms with Crippen molar-refractivity contribution < 1.29 is 14.3 Å². The van der Waals surface area contributed by atoms with Crippen LogP contribution < -0.4 is 9.64 Å². The maximum atomic E-state index is 12.7. The zero-order chi connectivity index (χ0) is 19.1. The number of imide groups is 1. The van der Waals surface area contributed by atoms with Crippen LogP contribution in [0.15, 0.2) is 66.7 Å². The predicted molar refractivity (Wildman–Crippen MR) is 108 cm³/mol. The number of amides is 2. The lowest BCUT2D eigenvalue weighted by Crippen LogP contribution is -2.30. The highest BCUT2D eigenvalue weighted by Crippen LogP contribution is 2.40. The first-order valence-electron chi connectivity index (χ1n) is 9.85. The highest BCUT2D eigenvalue weighted by Gasteiger charge is 2.48. The fourth-order valence-corrected chi connectivity index (χ4v) is 4.45. The molecule has 0 bridgehead atoms. The first kappa shape index (κ1) is 17.0. The summed E-state index contributed by atoms with van der Waals surface area (Å²) in [6.45, 7) is 0. The minimum Gasteiger partial charge on any atom is -0.457 e. The van der Waals surface area contributed by atoms with Gasteiger partial charge in [0, 0.05) is 0 Å². The normalized spacial score (nSPS) is 21.8. The molecule has 1 heterocycles. The van der Waals surface area contributed by atoms with Crippen molar-refractivity contribution in [1.82, 2.24) is 0 Å². The van der Waals surface area contributed by atoms with E-state index >= 15 is 0 Å². The van der Waals surface area contributed by atoms with Crippen molar-refractivity contribution in [3.8, 4) is 11.5 Å². The molecule has 2 fully saturated rings. The standard InChI is InChI=1S/C24H21NO3/c26-23-21-7-3-4-8-22(21)24(27)25(23)18-10-13-19(14-11-18)28-20-12-9-16-5-1-2-6-17(16)15-20/h1-2,5-6,9-15,21-22H,3-4,7-8H2/t21-,22+. The molecule has 2 amide bonds. The largest absolute Gasteiger partial charge is 0.457 e. The molecule has 0 aromatic heterocycles. The van der Waals surface area contributed by atoms with E-state index in [9.17, 15) is 9.59 Å². The van der Waals surface area contributed by atoms with Crippen molar-refractivity contribution in [2.45, 2.75) is 25.7 Å². The lowest BCUT2D eigenvalue weighted by Gasteiger charge is -2.19. The maximum Gasteiger partial charge on any atom is 0.237 e. The third-order valence-electron chi connectivity index (χ3n) is 5.89. The minimum absolute atomic E-state index is 0.0436. The molecule has 2 atom stereocenters. The third-order valence-corrected chi connectivity index (χ3v) is 5.89. The lowest BCUT2D eigenvalue weighted by atomic mass is 9.81. The number of ether oxygens (including phenoxy) is 1. The van der Waals surface area contributed by atoms with Crippen LogP contribution >= 0.6 is 0 Å². The lowest BCUT2D eigenvalue weighted by molar-refractivity contribution is -0.122. The molecule has 2 aliphatic rings. The van der Waals surface area contributed by atoms with Gasteiger partial charge in [-0.3, -0.25) is 14.5 Å². The fraction of sp³-hybridized carbons (Fsp3) is 0.250. The Hall–Kier alpha value is -3.14. The summed E-state index contributed by atoms with van der Waals surface area (Å²) in [6, 6.07) is 21.3. The first-order chi connectivity index (χ1) is 13.7. The number of carbonyl (C=O) groups is 2. The second-order valence-electron chi connectivity index (χ2n) is 7.61. The number of hydrogen-bond acceptors (Lipinski definition) is 3. The van der Waals surface area contributed by atoms with Crippen LogP contribution in [-0.2, 0) is 9.59 Å². The maximum absolute atomic E-state index is 12.7. The summed E-state index contributed by atoms with van der Waals surface area (Å²) in [5.41, 5.74) is 0.635. The van der Waals surface area contributed by atoms with Crippen molar-refractivity contribution >= 4 is 28.3 Å². The van der Waals surface area contributed by atoms with Crippen LogP contribution in [0.5, 0.6) is 11.5 Å². The Morgan fingerprint density at radius 3 is 2.00 bits per heavy atom. The number of carbonyl (C=O) groups excluding carboxylic acids is 2. The van der Waals surface area contributed by atoms with E-state index in [2.05, 4.69) is 12.1 Å². The monoisotopic (exact) mass is 371 g/mol. The SMILES string of the molecule is O=C1[C@H]2CCCC[C@H]2C(=O)N1c1ccc(Oc2ccc3ccccc3c2)cc1. The summed E-state index contributed by atoms with van der Waals surface area (Å²) in [6.07, 6.45) is 3.73. The summed E-state index contributed by atoms with van der Waals surface area (Å²) >= 11 is 0. The van der Waals surface area contributed by atoms with Crippen LogP contribution in [0.2, 0.25) is 0 Å². The number of fused-ring (bicyclic) bond motifs is 2. The van der Waals surface area contributed by atoms with E-state index in [1.54, 1.807) is 12.1 Å². The van der Waals surface area contributed by atoms with E-state index in [4.69, 9.17) is 4.74 Å². The van der Waals surface area contributed by atoms with E-state index in [0.29, 0.717) is 11.4 Å². The van der Waals surface area contributed by atoms with Crippen LogP contribution in [0.3, 0.4) is 0 Å². The highest BCUT2D eigenvalue weighted by molar-refractivity contribution is 6.22. The molecule has 0 N–H and O–H groups in total. The van der Waals surface area contributed by atoms with Gasteiger partial charge in [0.25, 0.3) is 0 Å². The van der Waals surface area contributed by atoms with Gasteiger partial charge in [-0.25, -0.2) is 0 Å². The predicted octanol–water partition coefficient (Wildman–Crippen LogP) is 5.31. The number of rotatable bonds is 3. The molecule has 140 valence electrons. The smallest absolute Gasteiger partial charge is 0.237 e. The summed E-state index contributed by atoms with van der Waals surface area (Å²) in [7, 11) is 0. The highest BCUT2D eigenvalue weighted by atomic mass is 16.5.